The third kappa shape index (κ3) is 2.99. The lowest BCUT2D eigenvalue weighted by atomic mass is 10.1. The summed E-state index contributed by atoms with van der Waals surface area (Å²) in [5.41, 5.74) is 4.58. The van der Waals surface area contributed by atoms with Crippen LogP contribution in [0.1, 0.15) is 17.3 Å². The molecule has 18 heavy (non-hydrogen) atoms. The van der Waals surface area contributed by atoms with Crippen LogP contribution in [0.4, 0.5) is 0 Å². The van der Waals surface area contributed by atoms with E-state index in [1.807, 2.05) is 18.2 Å². The summed E-state index contributed by atoms with van der Waals surface area (Å²) in [5, 5.41) is 8.00. The fraction of sp³-hybridized carbons (Fsp3) is 0.250. The van der Waals surface area contributed by atoms with E-state index in [-0.39, 0.29) is 6.04 Å². The monoisotopic (exact) mass is 245 g/mol. The highest BCUT2D eigenvalue weighted by atomic mass is 16.5. The van der Waals surface area contributed by atoms with Crippen molar-refractivity contribution in [2.75, 3.05) is 7.11 Å². The van der Waals surface area contributed by atoms with E-state index in [4.69, 9.17) is 10.6 Å². The molecule has 0 fully saturated rings. The third-order valence-corrected chi connectivity index (χ3v) is 2.59. The predicted molar refractivity (Wildman–Crippen MR) is 66.6 cm³/mol. The molecule has 0 aliphatic carbocycles. The van der Waals surface area contributed by atoms with Gasteiger partial charge in [-0.05, 0) is 24.1 Å². The van der Waals surface area contributed by atoms with E-state index in [1.54, 1.807) is 25.6 Å². The van der Waals surface area contributed by atoms with Crippen LogP contribution in [-0.2, 0) is 6.42 Å². The second-order valence-corrected chi connectivity index (χ2v) is 3.79. The highest BCUT2D eigenvalue weighted by molar-refractivity contribution is 5.18. The Morgan fingerprint density at radius 2 is 2.22 bits per heavy atom. The maximum absolute atomic E-state index is 5.55. The van der Waals surface area contributed by atoms with E-state index in [1.165, 1.54) is 0 Å². The topological polar surface area (TPSA) is 86.0 Å². The molecular formula is C12H15N5O. The maximum atomic E-state index is 5.55. The van der Waals surface area contributed by atoms with Gasteiger partial charge in [0.15, 0.2) is 0 Å². The van der Waals surface area contributed by atoms with Gasteiger partial charge in [-0.1, -0.05) is 6.07 Å². The van der Waals surface area contributed by atoms with Crippen LogP contribution in [0.2, 0.25) is 0 Å². The van der Waals surface area contributed by atoms with Crippen LogP contribution < -0.4 is 16.0 Å². The molecule has 0 bridgehead atoms. The average Bonchev–Trinajstić information content (AvgIpc) is 2.46. The Balaban J connectivity index is 2.12. The zero-order valence-corrected chi connectivity index (χ0v) is 10.1. The summed E-state index contributed by atoms with van der Waals surface area (Å²) < 4.78 is 4.97. The van der Waals surface area contributed by atoms with Gasteiger partial charge >= 0.3 is 0 Å². The van der Waals surface area contributed by atoms with Crippen molar-refractivity contribution < 1.29 is 4.74 Å². The molecule has 1 atom stereocenters. The van der Waals surface area contributed by atoms with Crippen LogP contribution in [0.15, 0.2) is 36.7 Å². The van der Waals surface area contributed by atoms with Crippen LogP contribution in [0.3, 0.4) is 0 Å². The molecule has 0 amide bonds. The Kier molecular flexibility index (Phi) is 4.16. The highest BCUT2D eigenvalue weighted by Crippen LogP contribution is 2.16. The lowest BCUT2D eigenvalue weighted by molar-refractivity contribution is 0.389. The summed E-state index contributed by atoms with van der Waals surface area (Å²) in [7, 11) is 1.55. The van der Waals surface area contributed by atoms with E-state index in [0.717, 1.165) is 11.3 Å². The number of nitrogens with zero attached hydrogens (tertiary/aromatic N) is 3. The number of hydrazine groups is 1. The molecule has 0 saturated heterocycles. The lowest BCUT2D eigenvalue weighted by Gasteiger charge is -2.14. The largest absolute Gasteiger partial charge is 0.480 e. The summed E-state index contributed by atoms with van der Waals surface area (Å²) in [5.74, 6) is 6.04. The molecular weight excluding hydrogens is 230 g/mol. The minimum Gasteiger partial charge on any atom is -0.480 e. The summed E-state index contributed by atoms with van der Waals surface area (Å²) >= 11 is 0. The van der Waals surface area contributed by atoms with E-state index in [2.05, 4.69) is 20.6 Å². The zero-order chi connectivity index (χ0) is 12.8. The second-order valence-electron chi connectivity index (χ2n) is 3.79. The number of nitrogens with one attached hydrogen (secondary N) is 1. The summed E-state index contributed by atoms with van der Waals surface area (Å²) in [6.45, 7) is 0. The van der Waals surface area contributed by atoms with Crippen LogP contribution in [0, 0.1) is 0 Å². The van der Waals surface area contributed by atoms with Crippen molar-refractivity contribution in [3.8, 4) is 5.88 Å². The molecule has 2 aromatic heterocycles. The number of rotatable bonds is 5. The van der Waals surface area contributed by atoms with Crippen molar-refractivity contribution in [3.05, 3.63) is 47.9 Å². The molecule has 1 unspecified atom stereocenters. The first-order chi connectivity index (χ1) is 8.83. The van der Waals surface area contributed by atoms with Gasteiger partial charge < -0.3 is 4.74 Å². The Morgan fingerprint density at radius 3 is 2.78 bits per heavy atom. The van der Waals surface area contributed by atoms with Gasteiger partial charge in [-0.2, -0.15) is 5.10 Å². The van der Waals surface area contributed by atoms with Gasteiger partial charge in [-0.3, -0.25) is 16.3 Å². The Bertz CT molecular complexity index is 474. The van der Waals surface area contributed by atoms with E-state index in [9.17, 15) is 0 Å². The minimum atomic E-state index is -0.104. The predicted octanol–water partition coefficient (Wildman–Crippen LogP) is 0.627. The first kappa shape index (κ1) is 12.4. The number of pyridine rings is 1. The Morgan fingerprint density at radius 1 is 1.33 bits per heavy atom. The molecule has 2 heterocycles. The molecule has 6 heteroatoms. The third-order valence-electron chi connectivity index (χ3n) is 2.59. The van der Waals surface area contributed by atoms with Gasteiger partial charge in [-0.15, -0.1) is 5.10 Å². The maximum Gasteiger partial charge on any atom is 0.233 e. The van der Waals surface area contributed by atoms with Crippen LogP contribution >= 0.6 is 0 Å². The van der Waals surface area contributed by atoms with Gasteiger partial charge in [0.2, 0.25) is 5.88 Å². The fourth-order valence-electron chi connectivity index (χ4n) is 1.63. The van der Waals surface area contributed by atoms with Crippen LogP contribution in [-0.4, -0.2) is 22.3 Å². The molecule has 0 spiro atoms. The number of aromatic nitrogens is 3. The SMILES string of the molecule is COc1ccc(C(Cc2cccnc2)NN)nn1. The molecule has 0 radical (unpaired) electrons. The number of methoxy groups -OCH3 is 1. The quantitative estimate of drug-likeness (QED) is 0.593. The zero-order valence-electron chi connectivity index (χ0n) is 10.1. The van der Waals surface area contributed by atoms with Crippen molar-refractivity contribution in [3.63, 3.8) is 0 Å². The standard InChI is InChI=1S/C12H15N5O/c1-18-12-5-4-10(16-17-12)11(15-13)7-9-3-2-6-14-8-9/h2-6,8,11,15H,7,13H2,1H3. The lowest BCUT2D eigenvalue weighted by Crippen LogP contribution is -2.30. The minimum absolute atomic E-state index is 0.104. The van der Waals surface area contributed by atoms with E-state index in [0.29, 0.717) is 12.3 Å². The van der Waals surface area contributed by atoms with Gasteiger partial charge in [0.05, 0.1) is 18.8 Å². The van der Waals surface area contributed by atoms with Crippen LogP contribution in [0.25, 0.3) is 0 Å². The van der Waals surface area contributed by atoms with E-state index >= 15 is 0 Å². The van der Waals surface area contributed by atoms with Gasteiger partial charge in [0.1, 0.15) is 0 Å². The molecule has 3 N–H and O–H groups in total. The second kappa shape index (κ2) is 6.04. The van der Waals surface area contributed by atoms with Crippen molar-refractivity contribution in [1.82, 2.24) is 20.6 Å². The molecule has 0 saturated carbocycles. The summed E-state index contributed by atoms with van der Waals surface area (Å²) in [6, 6.07) is 7.38. The number of hydrogen-bond donors (Lipinski definition) is 2. The highest BCUT2D eigenvalue weighted by Gasteiger charge is 2.12. The smallest absolute Gasteiger partial charge is 0.233 e. The van der Waals surface area contributed by atoms with Gasteiger partial charge in [0.25, 0.3) is 0 Å². The fourth-order valence-corrected chi connectivity index (χ4v) is 1.63. The summed E-state index contributed by atoms with van der Waals surface area (Å²) in [4.78, 5) is 4.07. The average molecular weight is 245 g/mol. The normalized spacial score (nSPS) is 12.1. The van der Waals surface area contributed by atoms with Gasteiger partial charge in [0, 0.05) is 18.5 Å². The first-order valence-electron chi connectivity index (χ1n) is 5.56. The number of nitrogens with two attached hydrogens (primary N) is 1. The van der Waals surface area contributed by atoms with Crippen molar-refractivity contribution in [1.29, 1.82) is 0 Å². The van der Waals surface area contributed by atoms with Gasteiger partial charge in [-0.25, -0.2) is 0 Å². The number of hydrogen-bond acceptors (Lipinski definition) is 6. The van der Waals surface area contributed by atoms with E-state index < -0.39 is 0 Å². The summed E-state index contributed by atoms with van der Waals surface area (Å²) in [6.07, 6.45) is 4.24. The molecule has 0 aliphatic rings. The first-order valence-corrected chi connectivity index (χ1v) is 5.56. The molecule has 0 aromatic carbocycles. The molecule has 2 rings (SSSR count). The van der Waals surface area contributed by atoms with Crippen molar-refractivity contribution in [2.45, 2.75) is 12.5 Å². The van der Waals surface area contributed by atoms with Crippen molar-refractivity contribution in [2.24, 2.45) is 5.84 Å². The number of ether oxygens (including phenoxy) is 1. The molecule has 6 nitrogen and oxygen atoms in total. The Labute approximate surface area is 105 Å². The van der Waals surface area contributed by atoms with Crippen LogP contribution in [0.5, 0.6) is 5.88 Å². The molecule has 0 aliphatic heterocycles. The molecule has 94 valence electrons. The van der Waals surface area contributed by atoms with Crippen molar-refractivity contribution >= 4 is 0 Å². The Hall–Kier alpha value is -2.05. The molecule has 2 aromatic rings.